The Morgan fingerprint density at radius 2 is 0.667 bits per heavy atom. The van der Waals surface area contributed by atoms with Crippen molar-refractivity contribution in [2.75, 3.05) is 0 Å². The predicted octanol–water partition coefficient (Wildman–Crippen LogP) is 12.1. The molecule has 0 aliphatic carbocycles. The highest BCUT2D eigenvalue weighted by Gasteiger charge is 2.23. The third-order valence-corrected chi connectivity index (χ3v) is 11.9. The van der Waals surface area contributed by atoms with Gasteiger partial charge in [-0.1, -0.05) is 72.8 Å². The Hall–Kier alpha value is -10.2. The lowest BCUT2D eigenvalue weighted by Crippen LogP contribution is -2.04. The van der Waals surface area contributed by atoms with Gasteiger partial charge in [-0.25, -0.2) is 15.0 Å². The van der Waals surface area contributed by atoms with Crippen molar-refractivity contribution in [1.82, 2.24) is 24.1 Å². The number of hydrogen-bond acceptors (Lipinski definition) is 8. The van der Waals surface area contributed by atoms with Crippen molar-refractivity contribution in [2.24, 2.45) is 0 Å². The number of fused-ring (bicyclic) bond motifs is 6. The van der Waals surface area contributed by atoms with E-state index in [9.17, 15) is 26.3 Å². The molecule has 0 fully saturated rings. The molecule has 11 rings (SSSR count). The Morgan fingerprint density at radius 3 is 1.08 bits per heavy atom. The Balaban J connectivity index is 1.26. The Bertz CT molecular complexity index is 3850. The first-order chi connectivity index (χ1) is 32.5. The average molecular weight is 841 g/mol. The molecule has 0 aliphatic heterocycles. The van der Waals surface area contributed by atoms with E-state index in [1.54, 1.807) is 30.3 Å². The molecule has 0 N–H and O–H groups in total. The summed E-state index contributed by atoms with van der Waals surface area (Å²) in [6.07, 6.45) is 0. The van der Waals surface area contributed by atoms with Crippen LogP contribution in [0.3, 0.4) is 0 Å². The minimum Gasteiger partial charge on any atom is -0.309 e. The third-order valence-electron chi connectivity index (χ3n) is 11.9. The molecule has 0 unspecified atom stereocenters. The van der Waals surface area contributed by atoms with Gasteiger partial charge in [0.05, 0.1) is 91.6 Å². The maximum atomic E-state index is 10.5. The van der Waals surface area contributed by atoms with E-state index >= 15 is 0 Å². The molecule has 8 aromatic carbocycles. The fourth-order valence-corrected chi connectivity index (χ4v) is 8.88. The summed E-state index contributed by atoms with van der Waals surface area (Å²) in [5.74, 6) is 1.44. The van der Waals surface area contributed by atoms with Crippen LogP contribution in [0.4, 0.5) is 0 Å². The predicted molar refractivity (Wildman–Crippen MR) is 254 cm³/mol. The molecule has 11 aromatic rings. The van der Waals surface area contributed by atoms with Crippen molar-refractivity contribution in [2.45, 2.75) is 0 Å². The first-order valence-corrected chi connectivity index (χ1v) is 20.8. The van der Waals surface area contributed by atoms with Crippen LogP contribution in [0.1, 0.15) is 27.8 Å². The van der Waals surface area contributed by atoms with Crippen LogP contribution in [0.15, 0.2) is 170 Å². The third kappa shape index (κ3) is 6.35. The molecule has 0 saturated heterocycles. The van der Waals surface area contributed by atoms with Crippen LogP contribution in [0, 0.1) is 56.7 Å². The SMILES string of the molecule is N#Cc1ccc(-n2c3ccc(C#N)cc3c3cc(C#N)ccc32)c(-c2ccc(-c3nc(-c4ccccc4)nc(-c4ccccc4)n3)cc2-n2c3ccc(C#N)cc3c3cc(C#N)ccc32)c1. The summed E-state index contributed by atoms with van der Waals surface area (Å²) < 4.78 is 4.23. The average Bonchev–Trinajstić information content (AvgIpc) is 3.89. The van der Waals surface area contributed by atoms with E-state index < -0.39 is 0 Å². The van der Waals surface area contributed by atoms with Gasteiger partial charge in [0, 0.05) is 49.4 Å². The number of nitriles is 5. The quantitative estimate of drug-likeness (QED) is 0.159. The Labute approximate surface area is 377 Å². The monoisotopic (exact) mass is 840 g/mol. The summed E-state index contributed by atoms with van der Waals surface area (Å²) in [7, 11) is 0. The fraction of sp³-hybridized carbons (Fsp3) is 0. The molecule has 0 bridgehead atoms. The fourth-order valence-electron chi connectivity index (χ4n) is 8.88. The van der Waals surface area contributed by atoms with Crippen LogP contribution < -0.4 is 0 Å². The number of aromatic nitrogens is 5. The minimum absolute atomic E-state index is 0.431. The van der Waals surface area contributed by atoms with Crippen LogP contribution in [0.25, 0.3) is 100 Å². The zero-order chi connectivity index (χ0) is 44.9. The van der Waals surface area contributed by atoms with Gasteiger partial charge in [-0.2, -0.15) is 26.3 Å². The molecule has 66 heavy (non-hydrogen) atoms. The molecule has 3 aromatic heterocycles. The number of rotatable bonds is 6. The van der Waals surface area contributed by atoms with Crippen LogP contribution in [-0.4, -0.2) is 24.1 Å². The molecule has 10 nitrogen and oxygen atoms in total. The highest BCUT2D eigenvalue weighted by molar-refractivity contribution is 6.12. The lowest BCUT2D eigenvalue weighted by molar-refractivity contribution is 1.07. The lowest BCUT2D eigenvalue weighted by atomic mass is 9.96. The number of hydrogen-bond donors (Lipinski definition) is 0. The zero-order valence-electron chi connectivity index (χ0n) is 34.6. The molecule has 0 amide bonds. The molecule has 3 heterocycles. The van der Waals surface area contributed by atoms with Gasteiger partial charge in [-0.05, 0) is 97.1 Å². The summed E-state index contributed by atoms with van der Waals surface area (Å²) in [6.45, 7) is 0. The lowest BCUT2D eigenvalue weighted by Gasteiger charge is -2.20. The van der Waals surface area contributed by atoms with Gasteiger partial charge in [-0.3, -0.25) is 0 Å². The Kier molecular flexibility index (Phi) is 9.17. The topological polar surface area (TPSA) is 167 Å². The van der Waals surface area contributed by atoms with Gasteiger partial charge in [0.2, 0.25) is 0 Å². The highest BCUT2D eigenvalue weighted by Crippen LogP contribution is 2.43. The standard InChI is InChI=1S/C56H28N10/c57-29-34-11-18-48(65-49-19-12-35(30-58)24-44(49)45-25-36(31-59)13-20-50(45)65)43(23-34)42-17-16-41(56-63-54(39-7-3-1-4-8-39)62-55(64-56)40-9-5-2-6-10-40)28-53(42)66-51-21-14-37(32-60)26-46(51)47-27-38(33-61)15-22-52(47)66/h1-28H. The number of benzene rings is 8. The molecule has 0 spiro atoms. The first kappa shape index (κ1) is 38.7. The van der Waals surface area contributed by atoms with Crippen molar-refractivity contribution < 1.29 is 0 Å². The molecule has 0 aliphatic rings. The van der Waals surface area contributed by atoms with E-state index in [0.717, 1.165) is 66.0 Å². The second-order valence-electron chi connectivity index (χ2n) is 15.7. The van der Waals surface area contributed by atoms with Crippen molar-refractivity contribution in [3.05, 3.63) is 198 Å². The molecular weight excluding hydrogens is 813 g/mol. The second kappa shape index (κ2) is 15.6. The van der Waals surface area contributed by atoms with E-state index in [1.165, 1.54) is 0 Å². The van der Waals surface area contributed by atoms with Gasteiger partial charge in [-0.15, -0.1) is 0 Å². The van der Waals surface area contributed by atoms with Crippen molar-refractivity contribution in [3.8, 4) is 87.0 Å². The van der Waals surface area contributed by atoms with E-state index in [1.807, 2.05) is 140 Å². The summed E-state index contributed by atoms with van der Waals surface area (Å²) in [5, 5.41) is 53.6. The van der Waals surface area contributed by atoms with Crippen molar-refractivity contribution in [3.63, 3.8) is 0 Å². The van der Waals surface area contributed by atoms with E-state index in [4.69, 9.17) is 15.0 Å². The van der Waals surface area contributed by atoms with Gasteiger partial charge in [0.25, 0.3) is 0 Å². The number of nitrogens with zero attached hydrogens (tertiary/aromatic N) is 10. The largest absolute Gasteiger partial charge is 0.309 e. The second-order valence-corrected chi connectivity index (χ2v) is 15.7. The summed E-state index contributed by atoms with van der Waals surface area (Å²) >= 11 is 0. The van der Waals surface area contributed by atoms with Crippen molar-refractivity contribution in [1.29, 1.82) is 26.3 Å². The Morgan fingerprint density at radius 1 is 0.303 bits per heavy atom. The van der Waals surface area contributed by atoms with Gasteiger partial charge < -0.3 is 9.13 Å². The maximum absolute atomic E-state index is 10.5. The van der Waals surface area contributed by atoms with Crippen molar-refractivity contribution >= 4 is 43.6 Å². The van der Waals surface area contributed by atoms with E-state index in [2.05, 4.69) is 39.5 Å². The zero-order valence-corrected chi connectivity index (χ0v) is 34.6. The van der Waals surface area contributed by atoms with Crippen LogP contribution in [0.2, 0.25) is 0 Å². The summed E-state index contributed by atoms with van der Waals surface area (Å²) in [6, 6.07) is 64.7. The smallest absolute Gasteiger partial charge is 0.164 e. The molecular formula is C56H28N10. The van der Waals surface area contributed by atoms with Gasteiger partial charge in [0.1, 0.15) is 0 Å². The minimum atomic E-state index is 0.431. The van der Waals surface area contributed by atoms with Gasteiger partial charge >= 0.3 is 0 Å². The van der Waals surface area contributed by atoms with Crippen LogP contribution in [-0.2, 0) is 0 Å². The normalized spacial score (nSPS) is 11.0. The highest BCUT2D eigenvalue weighted by atomic mass is 15.0. The molecule has 302 valence electrons. The van der Waals surface area contributed by atoms with E-state index in [0.29, 0.717) is 62.1 Å². The molecule has 10 heteroatoms. The summed E-state index contributed by atoms with van der Waals surface area (Å²) in [4.78, 5) is 15.1. The molecule has 0 radical (unpaired) electrons. The van der Waals surface area contributed by atoms with Gasteiger partial charge in [0.15, 0.2) is 17.5 Å². The molecule has 0 atom stereocenters. The van der Waals surface area contributed by atoms with Crippen LogP contribution >= 0.6 is 0 Å². The van der Waals surface area contributed by atoms with Crippen LogP contribution in [0.5, 0.6) is 0 Å². The van der Waals surface area contributed by atoms with E-state index in [-0.39, 0.29) is 0 Å². The molecule has 0 saturated carbocycles. The summed E-state index contributed by atoms with van der Waals surface area (Å²) in [5.41, 5.74) is 10.8. The first-order valence-electron chi connectivity index (χ1n) is 20.8. The maximum Gasteiger partial charge on any atom is 0.164 e.